The molecule has 0 N–H and O–H groups in total. The number of nitrogens with zero attached hydrogens (tertiary/aromatic N) is 1. The minimum atomic E-state index is -5.79. The Morgan fingerprint density at radius 2 is 1.89 bits per heavy atom. The molecule has 0 radical (unpaired) electrons. The number of hydrogen-bond acceptors (Lipinski definition) is 6. The van der Waals surface area contributed by atoms with Crippen molar-refractivity contribution in [2.45, 2.75) is 50.5 Å². The van der Waals surface area contributed by atoms with Crippen LogP contribution < -0.4 is 4.18 Å². The summed E-state index contributed by atoms with van der Waals surface area (Å²) in [5.74, 6) is -0.752. The highest BCUT2D eigenvalue weighted by atomic mass is 32.2. The molecule has 3 rings (SSSR count). The predicted molar refractivity (Wildman–Crippen MR) is 91.2 cm³/mol. The van der Waals surface area contributed by atoms with Crippen LogP contribution in [0.25, 0.3) is 0 Å². The number of likely N-dealkylation sites (tertiary alicyclic amines) is 1. The molecular formula is C17H20F3NO6S. The number of hydrogen-bond donors (Lipinski definition) is 0. The van der Waals surface area contributed by atoms with Crippen molar-refractivity contribution in [2.75, 3.05) is 13.1 Å². The minimum Gasteiger partial charge on any atom is -0.444 e. The van der Waals surface area contributed by atoms with Crippen molar-refractivity contribution in [3.63, 3.8) is 0 Å². The highest BCUT2D eigenvalue weighted by Gasteiger charge is 2.49. The van der Waals surface area contributed by atoms with E-state index in [2.05, 4.69) is 4.18 Å². The van der Waals surface area contributed by atoms with Crippen molar-refractivity contribution < 1.29 is 40.0 Å². The van der Waals surface area contributed by atoms with Gasteiger partial charge in [-0.15, -0.1) is 0 Å². The summed E-state index contributed by atoms with van der Waals surface area (Å²) in [6.07, 6.45) is -0.881. The molecule has 2 atom stereocenters. The number of carbonyl (C=O) groups excluding carboxylic acids is 1. The first-order valence-electron chi connectivity index (χ1n) is 8.50. The lowest BCUT2D eigenvalue weighted by Gasteiger charge is -2.28. The highest BCUT2D eigenvalue weighted by Crippen LogP contribution is 2.41. The molecular weight excluding hydrogens is 403 g/mol. The number of amides is 1. The Hall–Kier alpha value is -2.01. The summed E-state index contributed by atoms with van der Waals surface area (Å²) in [5.41, 5.74) is -5.38. The molecule has 28 heavy (non-hydrogen) atoms. The summed E-state index contributed by atoms with van der Waals surface area (Å²) in [5, 5.41) is 0. The van der Waals surface area contributed by atoms with Crippen molar-refractivity contribution >= 4 is 16.2 Å². The fourth-order valence-electron chi connectivity index (χ4n) is 3.24. The molecule has 0 saturated carbocycles. The van der Waals surface area contributed by atoms with E-state index in [9.17, 15) is 26.4 Å². The lowest BCUT2D eigenvalue weighted by atomic mass is 9.89. The second-order valence-electron chi connectivity index (χ2n) is 7.65. The Morgan fingerprint density at radius 1 is 1.21 bits per heavy atom. The van der Waals surface area contributed by atoms with Crippen molar-refractivity contribution in [3.05, 3.63) is 29.3 Å². The molecule has 7 nitrogen and oxygen atoms in total. The number of benzene rings is 1. The molecule has 1 saturated heterocycles. The minimum absolute atomic E-state index is 0.123. The highest BCUT2D eigenvalue weighted by molar-refractivity contribution is 7.88. The van der Waals surface area contributed by atoms with E-state index in [-0.39, 0.29) is 37.3 Å². The van der Waals surface area contributed by atoms with E-state index in [0.29, 0.717) is 5.56 Å². The summed E-state index contributed by atoms with van der Waals surface area (Å²) in [7, 11) is -5.79. The van der Waals surface area contributed by atoms with Gasteiger partial charge >= 0.3 is 21.7 Å². The lowest BCUT2D eigenvalue weighted by Crippen LogP contribution is -2.36. The zero-order chi connectivity index (χ0) is 20.9. The Balaban J connectivity index is 1.84. The van der Waals surface area contributed by atoms with E-state index in [0.717, 1.165) is 6.07 Å². The van der Waals surface area contributed by atoms with Gasteiger partial charge in [0.2, 0.25) is 0 Å². The SMILES string of the molecule is CC(C)(C)OC(=O)N1C[C@@H]2OCc3c(OS(=O)(=O)C(F)(F)F)cccc3[C@@H]2C1. The second-order valence-corrected chi connectivity index (χ2v) is 9.19. The Bertz CT molecular complexity index is 878. The third-order valence-corrected chi connectivity index (χ3v) is 5.38. The molecule has 11 heteroatoms. The van der Waals surface area contributed by atoms with Crippen LogP contribution in [-0.2, 0) is 26.2 Å². The molecule has 156 valence electrons. The Morgan fingerprint density at radius 3 is 2.50 bits per heavy atom. The Kier molecular flexibility index (Phi) is 5.03. The second kappa shape index (κ2) is 6.80. The van der Waals surface area contributed by atoms with Gasteiger partial charge in [-0.2, -0.15) is 21.6 Å². The lowest BCUT2D eigenvalue weighted by molar-refractivity contribution is -0.0501. The zero-order valence-electron chi connectivity index (χ0n) is 15.4. The van der Waals surface area contributed by atoms with Crippen molar-refractivity contribution in [3.8, 4) is 5.75 Å². The van der Waals surface area contributed by atoms with E-state index in [1.165, 1.54) is 11.0 Å². The van der Waals surface area contributed by atoms with Crippen molar-refractivity contribution in [2.24, 2.45) is 0 Å². The first-order valence-corrected chi connectivity index (χ1v) is 9.91. The van der Waals surface area contributed by atoms with E-state index in [1.807, 2.05) is 0 Å². The van der Waals surface area contributed by atoms with Crippen molar-refractivity contribution in [1.29, 1.82) is 0 Å². The normalized spacial score (nSPS) is 22.4. The zero-order valence-corrected chi connectivity index (χ0v) is 16.3. The number of rotatable bonds is 2. The summed E-state index contributed by atoms with van der Waals surface area (Å²) in [6, 6.07) is 4.23. The molecule has 0 spiro atoms. The molecule has 1 fully saturated rings. The molecule has 2 aliphatic rings. The number of carbonyl (C=O) groups is 1. The third-order valence-electron chi connectivity index (χ3n) is 4.41. The standard InChI is InChI=1S/C17H20F3NO6S/c1-16(2,3)26-15(22)21-7-11-10-5-4-6-13(12(10)9-25-14(11)8-21)27-28(23,24)17(18,19)20/h4-6,11,14H,7-9H2,1-3H3/t11-,14-/m0/s1. The molecule has 1 aromatic carbocycles. The average molecular weight is 423 g/mol. The van der Waals surface area contributed by atoms with Gasteiger partial charge in [0.25, 0.3) is 0 Å². The molecule has 2 aliphatic heterocycles. The van der Waals surface area contributed by atoms with Crippen molar-refractivity contribution in [1.82, 2.24) is 4.90 Å². The smallest absolute Gasteiger partial charge is 0.444 e. The maximum atomic E-state index is 12.6. The van der Waals surface area contributed by atoms with Crippen LogP contribution in [0.15, 0.2) is 18.2 Å². The van der Waals surface area contributed by atoms with E-state index < -0.39 is 33.1 Å². The molecule has 1 amide bonds. The van der Waals surface area contributed by atoms with Gasteiger partial charge < -0.3 is 18.6 Å². The van der Waals surface area contributed by atoms with Gasteiger partial charge in [0.1, 0.15) is 11.4 Å². The summed E-state index contributed by atoms with van der Waals surface area (Å²) in [6.45, 7) is 5.61. The van der Waals surface area contributed by atoms with Crippen LogP contribution in [0.3, 0.4) is 0 Å². The van der Waals surface area contributed by atoms with Crippen LogP contribution >= 0.6 is 0 Å². The van der Waals surface area contributed by atoms with Gasteiger partial charge in [-0.25, -0.2) is 4.79 Å². The largest absolute Gasteiger partial charge is 0.534 e. The average Bonchev–Trinajstić information content (AvgIpc) is 2.97. The first kappa shape index (κ1) is 20.7. The van der Waals surface area contributed by atoms with Crippen LogP contribution in [0.4, 0.5) is 18.0 Å². The number of halogens is 3. The molecule has 0 aromatic heterocycles. The summed E-state index contributed by atoms with van der Waals surface area (Å²) in [4.78, 5) is 13.8. The van der Waals surface area contributed by atoms with Gasteiger partial charge in [-0.1, -0.05) is 12.1 Å². The molecule has 0 bridgehead atoms. The molecule has 1 aromatic rings. The fraction of sp³-hybridized carbons (Fsp3) is 0.588. The summed E-state index contributed by atoms with van der Waals surface area (Å²) >= 11 is 0. The van der Waals surface area contributed by atoms with E-state index in [4.69, 9.17) is 9.47 Å². The quantitative estimate of drug-likeness (QED) is 0.537. The monoisotopic (exact) mass is 423 g/mol. The number of fused-ring (bicyclic) bond motifs is 3. The van der Waals surface area contributed by atoms with Gasteiger partial charge in [0.15, 0.2) is 0 Å². The van der Waals surface area contributed by atoms with Gasteiger partial charge in [0.05, 0.1) is 19.3 Å². The first-order chi connectivity index (χ1) is 12.8. The molecule has 2 heterocycles. The van der Waals surface area contributed by atoms with Crippen LogP contribution in [0.5, 0.6) is 5.75 Å². The number of alkyl halides is 3. The van der Waals surface area contributed by atoms with Crippen LogP contribution in [0.2, 0.25) is 0 Å². The van der Waals surface area contributed by atoms with E-state index in [1.54, 1.807) is 26.8 Å². The fourth-order valence-corrected chi connectivity index (χ4v) is 3.72. The van der Waals surface area contributed by atoms with Gasteiger partial charge in [-0.3, -0.25) is 0 Å². The van der Waals surface area contributed by atoms with Crippen LogP contribution in [-0.4, -0.2) is 49.7 Å². The topological polar surface area (TPSA) is 82.1 Å². The van der Waals surface area contributed by atoms with Gasteiger partial charge in [0, 0.05) is 18.0 Å². The molecule has 0 aliphatic carbocycles. The maximum absolute atomic E-state index is 12.6. The summed E-state index contributed by atoms with van der Waals surface area (Å²) < 4.78 is 76.0. The van der Waals surface area contributed by atoms with Gasteiger partial charge in [-0.05, 0) is 32.4 Å². The Labute approximate surface area is 160 Å². The number of ether oxygens (including phenoxy) is 2. The molecule has 0 unspecified atom stereocenters. The predicted octanol–water partition coefficient (Wildman–Crippen LogP) is 3.15. The van der Waals surface area contributed by atoms with Crippen LogP contribution in [0, 0.1) is 0 Å². The van der Waals surface area contributed by atoms with Crippen LogP contribution in [0.1, 0.15) is 37.8 Å². The van der Waals surface area contributed by atoms with E-state index >= 15 is 0 Å². The third kappa shape index (κ3) is 4.04. The maximum Gasteiger partial charge on any atom is 0.534 e.